The summed E-state index contributed by atoms with van der Waals surface area (Å²) in [5.74, 6) is -0.868. The highest BCUT2D eigenvalue weighted by Gasteiger charge is 2.29. The van der Waals surface area contributed by atoms with E-state index in [-0.39, 0.29) is 12.5 Å². The fourth-order valence-electron chi connectivity index (χ4n) is 2.30. The van der Waals surface area contributed by atoms with Crippen molar-refractivity contribution in [3.63, 3.8) is 0 Å². The molecule has 1 fully saturated rings. The number of aliphatic carboxylic acids is 1. The number of carboxylic acids is 1. The number of unbranched alkanes of at least 4 members (excludes halogenated alkanes) is 2. The zero-order valence-corrected chi connectivity index (χ0v) is 11.2. The molecule has 1 amide bonds. The van der Waals surface area contributed by atoms with E-state index in [1.54, 1.807) is 4.90 Å². The molecule has 0 spiro atoms. The Bertz CT molecular complexity index is 281. The van der Waals surface area contributed by atoms with E-state index in [2.05, 4.69) is 12.2 Å². The Labute approximate surface area is 109 Å². The fourth-order valence-corrected chi connectivity index (χ4v) is 2.30. The predicted molar refractivity (Wildman–Crippen MR) is 69.4 cm³/mol. The molecule has 0 bridgehead atoms. The minimum absolute atomic E-state index is 0.0562. The second kappa shape index (κ2) is 8.08. The van der Waals surface area contributed by atoms with Crippen LogP contribution in [0.4, 0.5) is 0 Å². The van der Waals surface area contributed by atoms with Crippen LogP contribution >= 0.6 is 0 Å². The summed E-state index contributed by atoms with van der Waals surface area (Å²) < 4.78 is 0. The van der Waals surface area contributed by atoms with E-state index < -0.39 is 12.0 Å². The number of likely N-dealkylation sites (tertiary alicyclic amines) is 1. The lowest BCUT2D eigenvalue weighted by molar-refractivity contribution is -0.145. The third-order valence-electron chi connectivity index (χ3n) is 3.35. The van der Waals surface area contributed by atoms with Gasteiger partial charge in [0.1, 0.15) is 6.04 Å². The Hall–Kier alpha value is -1.10. The second-order valence-electron chi connectivity index (χ2n) is 4.88. The molecular weight excluding hydrogens is 232 g/mol. The maximum atomic E-state index is 11.7. The van der Waals surface area contributed by atoms with Crippen LogP contribution < -0.4 is 5.32 Å². The van der Waals surface area contributed by atoms with Crippen molar-refractivity contribution in [3.05, 3.63) is 0 Å². The van der Waals surface area contributed by atoms with Crippen LogP contribution in [0.2, 0.25) is 0 Å². The first-order valence-electron chi connectivity index (χ1n) is 6.88. The van der Waals surface area contributed by atoms with E-state index in [0.717, 1.165) is 32.1 Å². The number of carboxylic acid groups (broad SMARTS) is 1. The summed E-state index contributed by atoms with van der Waals surface area (Å²) in [6.07, 6.45) is 5.80. The molecular formula is C13H24N2O3. The quantitative estimate of drug-likeness (QED) is 0.672. The van der Waals surface area contributed by atoms with Crippen molar-refractivity contribution in [1.29, 1.82) is 0 Å². The average Bonchev–Trinajstić information content (AvgIpc) is 2.35. The minimum atomic E-state index is -0.812. The molecule has 0 aromatic carbocycles. The monoisotopic (exact) mass is 256 g/mol. The first-order chi connectivity index (χ1) is 8.65. The lowest BCUT2D eigenvalue weighted by atomic mass is 10.0. The maximum Gasteiger partial charge on any atom is 0.320 e. The van der Waals surface area contributed by atoms with Gasteiger partial charge in [-0.1, -0.05) is 26.2 Å². The molecule has 0 saturated carbocycles. The van der Waals surface area contributed by atoms with Crippen molar-refractivity contribution >= 4 is 11.9 Å². The van der Waals surface area contributed by atoms with Crippen LogP contribution in [0.15, 0.2) is 0 Å². The largest absolute Gasteiger partial charge is 0.480 e. The summed E-state index contributed by atoms with van der Waals surface area (Å²) in [7, 11) is 0. The normalized spacial score (nSPS) is 20.6. The molecule has 0 aliphatic carbocycles. The van der Waals surface area contributed by atoms with Gasteiger partial charge >= 0.3 is 5.97 Å². The molecule has 1 atom stereocenters. The van der Waals surface area contributed by atoms with Gasteiger partial charge in [-0.2, -0.15) is 0 Å². The molecule has 5 heteroatoms. The van der Waals surface area contributed by atoms with E-state index in [1.807, 2.05) is 0 Å². The Balaban J connectivity index is 2.30. The highest BCUT2D eigenvalue weighted by molar-refractivity contribution is 5.80. The fraction of sp³-hybridized carbons (Fsp3) is 0.846. The number of piperidine rings is 1. The van der Waals surface area contributed by atoms with Gasteiger partial charge in [-0.05, 0) is 25.8 Å². The summed E-state index contributed by atoms with van der Waals surface area (Å²) in [6, 6.07) is -0.486. The lowest BCUT2D eigenvalue weighted by Crippen LogP contribution is -2.49. The third kappa shape index (κ3) is 5.04. The van der Waals surface area contributed by atoms with Gasteiger partial charge in [0.05, 0.1) is 6.54 Å². The van der Waals surface area contributed by atoms with Gasteiger partial charge < -0.3 is 10.4 Å². The van der Waals surface area contributed by atoms with E-state index in [1.165, 1.54) is 0 Å². The van der Waals surface area contributed by atoms with Crippen LogP contribution in [0, 0.1) is 0 Å². The van der Waals surface area contributed by atoms with Gasteiger partial charge in [0, 0.05) is 6.54 Å². The van der Waals surface area contributed by atoms with Crippen LogP contribution in [0.1, 0.15) is 45.4 Å². The van der Waals surface area contributed by atoms with Crippen molar-refractivity contribution in [3.8, 4) is 0 Å². The van der Waals surface area contributed by atoms with Crippen LogP contribution in [0.5, 0.6) is 0 Å². The molecule has 1 saturated heterocycles. The van der Waals surface area contributed by atoms with Gasteiger partial charge in [-0.25, -0.2) is 0 Å². The SMILES string of the molecule is CCCCCNC(=O)CN1CCCCC1C(=O)O. The number of nitrogens with one attached hydrogen (secondary N) is 1. The Kier molecular flexibility index (Phi) is 6.72. The Morgan fingerprint density at radius 1 is 1.33 bits per heavy atom. The van der Waals surface area contributed by atoms with Gasteiger partial charge in [-0.15, -0.1) is 0 Å². The zero-order valence-electron chi connectivity index (χ0n) is 11.2. The topological polar surface area (TPSA) is 69.6 Å². The van der Waals surface area contributed by atoms with Gasteiger partial charge in [0.25, 0.3) is 0 Å². The van der Waals surface area contributed by atoms with E-state index in [4.69, 9.17) is 5.11 Å². The molecule has 1 unspecified atom stereocenters. The van der Waals surface area contributed by atoms with Crippen molar-refractivity contribution in [2.45, 2.75) is 51.5 Å². The number of amides is 1. The first kappa shape index (κ1) is 15.0. The van der Waals surface area contributed by atoms with Gasteiger partial charge in [0.15, 0.2) is 0 Å². The molecule has 0 radical (unpaired) electrons. The van der Waals surface area contributed by atoms with Crippen molar-refractivity contribution in [2.24, 2.45) is 0 Å². The smallest absolute Gasteiger partial charge is 0.320 e. The first-order valence-corrected chi connectivity index (χ1v) is 6.88. The predicted octanol–water partition coefficient (Wildman–Crippen LogP) is 1.23. The van der Waals surface area contributed by atoms with Crippen LogP contribution in [0.3, 0.4) is 0 Å². The summed E-state index contributed by atoms with van der Waals surface area (Å²) >= 11 is 0. The van der Waals surface area contributed by atoms with Crippen LogP contribution in [-0.2, 0) is 9.59 Å². The van der Waals surface area contributed by atoms with Gasteiger partial charge in [-0.3, -0.25) is 14.5 Å². The summed E-state index contributed by atoms with van der Waals surface area (Å²) in [6.45, 7) is 3.73. The number of nitrogens with zero attached hydrogens (tertiary/aromatic N) is 1. The lowest BCUT2D eigenvalue weighted by Gasteiger charge is -2.32. The van der Waals surface area contributed by atoms with E-state index in [9.17, 15) is 9.59 Å². The number of hydrogen-bond donors (Lipinski definition) is 2. The molecule has 104 valence electrons. The van der Waals surface area contributed by atoms with Crippen LogP contribution in [0.25, 0.3) is 0 Å². The molecule has 18 heavy (non-hydrogen) atoms. The van der Waals surface area contributed by atoms with Crippen molar-refractivity contribution in [2.75, 3.05) is 19.6 Å². The van der Waals surface area contributed by atoms with E-state index in [0.29, 0.717) is 19.5 Å². The summed E-state index contributed by atoms with van der Waals surface area (Å²) in [5.41, 5.74) is 0. The van der Waals surface area contributed by atoms with Crippen molar-refractivity contribution < 1.29 is 14.7 Å². The Morgan fingerprint density at radius 2 is 2.11 bits per heavy atom. The van der Waals surface area contributed by atoms with Crippen LogP contribution in [-0.4, -0.2) is 47.6 Å². The molecule has 5 nitrogen and oxygen atoms in total. The number of hydrogen-bond acceptors (Lipinski definition) is 3. The molecule has 2 N–H and O–H groups in total. The zero-order chi connectivity index (χ0) is 13.4. The second-order valence-corrected chi connectivity index (χ2v) is 4.88. The standard InChI is InChI=1S/C13H24N2O3/c1-2-3-5-8-14-12(16)10-15-9-6-4-7-11(15)13(17)18/h11H,2-10H2,1H3,(H,14,16)(H,17,18). The maximum absolute atomic E-state index is 11.7. The van der Waals surface area contributed by atoms with E-state index >= 15 is 0 Å². The molecule has 0 aromatic heterocycles. The average molecular weight is 256 g/mol. The summed E-state index contributed by atoms with van der Waals surface area (Å²) in [5, 5.41) is 11.9. The highest BCUT2D eigenvalue weighted by atomic mass is 16.4. The number of carbonyl (C=O) groups excluding carboxylic acids is 1. The molecule has 0 aromatic rings. The number of rotatable bonds is 7. The molecule has 1 heterocycles. The molecule has 1 aliphatic rings. The number of carbonyl (C=O) groups is 2. The Morgan fingerprint density at radius 3 is 2.78 bits per heavy atom. The van der Waals surface area contributed by atoms with Crippen molar-refractivity contribution in [1.82, 2.24) is 10.2 Å². The molecule has 1 aliphatic heterocycles. The molecule has 1 rings (SSSR count). The summed E-state index contributed by atoms with van der Waals surface area (Å²) in [4.78, 5) is 24.5. The highest BCUT2D eigenvalue weighted by Crippen LogP contribution is 2.16. The minimum Gasteiger partial charge on any atom is -0.480 e. The van der Waals surface area contributed by atoms with Gasteiger partial charge in [0.2, 0.25) is 5.91 Å². The third-order valence-corrected chi connectivity index (χ3v) is 3.35.